The number of nitrogens with zero attached hydrogens (tertiary/aromatic N) is 1. The Morgan fingerprint density at radius 1 is 1.22 bits per heavy atom. The van der Waals surface area contributed by atoms with E-state index in [-0.39, 0.29) is 28.6 Å². The fraction of sp³-hybridized carbons (Fsp3) is 0.364. The predicted molar refractivity (Wildman–Crippen MR) is 59.6 cm³/mol. The highest BCUT2D eigenvalue weighted by Crippen LogP contribution is 2.37. The number of thioether (sulfide) groups is 1. The first-order valence-corrected chi connectivity index (χ1v) is 5.74. The van der Waals surface area contributed by atoms with Crippen LogP contribution in [0.15, 0.2) is 29.2 Å². The first-order valence-electron chi connectivity index (χ1n) is 4.92. The summed E-state index contributed by atoms with van der Waals surface area (Å²) in [5.74, 6) is 0. The van der Waals surface area contributed by atoms with E-state index in [1.54, 1.807) is 6.07 Å². The van der Waals surface area contributed by atoms with Gasteiger partial charge >= 0.3 is 5.51 Å². The zero-order chi connectivity index (χ0) is 13.8. The molecule has 0 amide bonds. The van der Waals surface area contributed by atoms with Gasteiger partial charge in [0, 0.05) is 4.90 Å². The molecule has 0 aromatic heterocycles. The van der Waals surface area contributed by atoms with Crippen LogP contribution in [0.1, 0.15) is 18.1 Å². The van der Waals surface area contributed by atoms with Crippen molar-refractivity contribution in [2.24, 2.45) is 0 Å². The van der Waals surface area contributed by atoms with Gasteiger partial charge in [-0.15, -0.1) is 0 Å². The lowest BCUT2D eigenvalue weighted by Gasteiger charge is -2.15. The number of rotatable bonds is 4. The van der Waals surface area contributed by atoms with Gasteiger partial charge in [-0.25, -0.2) is 0 Å². The average molecular weight is 277 g/mol. The van der Waals surface area contributed by atoms with Crippen molar-refractivity contribution in [3.63, 3.8) is 0 Å². The number of hydrogen-bond donors (Lipinski definition) is 2. The fourth-order valence-electron chi connectivity index (χ4n) is 1.29. The van der Waals surface area contributed by atoms with E-state index in [1.807, 2.05) is 0 Å². The quantitative estimate of drug-likeness (QED) is 0.830. The Morgan fingerprint density at radius 3 is 2.22 bits per heavy atom. The van der Waals surface area contributed by atoms with Crippen LogP contribution in [0.2, 0.25) is 0 Å². The number of halogens is 3. The largest absolute Gasteiger partial charge is 0.446 e. The van der Waals surface area contributed by atoms with E-state index >= 15 is 0 Å². The minimum Gasteiger partial charge on any atom is -0.389 e. The van der Waals surface area contributed by atoms with Crippen LogP contribution in [-0.4, -0.2) is 21.8 Å². The highest BCUT2D eigenvalue weighted by Gasteiger charge is 2.29. The summed E-state index contributed by atoms with van der Waals surface area (Å²) in [5, 5.41) is 27.3. The molecule has 0 aliphatic rings. The number of nitriles is 1. The molecule has 98 valence electrons. The van der Waals surface area contributed by atoms with Crippen molar-refractivity contribution in [1.29, 1.82) is 5.26 Å². The molecule has 1 aromatic rings. The highest BCUT2D eigenvalue weighted by atomic mass is 32.2. The number of aliphatic hydroxyl groups excluding tert-OH is 2. The van der Waals surface area contributed by atoms with Gasteiger partial charge in [0.25, 0.3) is 0 Å². The fourth-order valence-corrected chi connectivity index (χ4v) is 1.83. The van der Waals surface area contributed by atoms with E-state index in [2.05, 4.69) is 0 Å². The maximum atomic E-state index is 12.1. The standard InChI is InChI=1S/C11H10F3NO2S/c12-11(13,14)18-8-3-1-7(2-4-8)10(17)9(16)5-6-15/h1-4,9-10,16-17H,5H2. The van der Waals surface area contributed by atoms with Gasteiger partial charge < -0.3 is 10.2 Å². The molecule has 0 bridgehead atoms. The molecule has 0 aliphatic heterocycles. The second-order valence-corrected chi connectivity index (χ2v) is 4.63. The lowest BCUT2D eigenvalue weighted by atomic mass is 10.0. The zero-order valence-corrected chi connectivity index (χ0v) is 9.87. The van der Waals surface area contributed by atoms with Crippen molar-refractivity contribution >= 4 is 11.8 Å². The second kappa shape index (κ2) is 6.09. The molecule has 0 heterocycles. The molecule has 1 rings (SSSR count). The molecule has 0 saturated carbocycles. The number of hydrogen-bond acceptors (Lipinski definition) is 4. The van der Waals surface area contributed by atoms with E-state index in [9.17, 15) is 23.4 Å². The van der Waals surface area contributed by atoms with Crippen LogP contribution in [0, 0.1) is 11.3 Å². The van der Waals surface area contributed by atoms with E-state index < -0.39 is 17.7 Å². The number of aliphatic hydroxyl groups is 2. The summed E-state index contributed by atoms with van der Waals surface area (Å²) in [5.41, 5.74) is -4.09. The summed E-state index contributed by atoms with van der Waals surface area (Å²) in [6.07, 6.45) is -2.79. The van der Waals surface area contributed by atoms with Gasteiger partial charge in [0.1, 0.15) is 6.10 Å². The molecule has 0 radical (unpaired) electrons. The molecule has 1 aromatic carbocycles. The van der Waals surface area contributed by atoms with Crippen LogP contribution in [-0.2, 0) is 0 Å². The normalized spacial score (nSPS) is 14.9. The molecule has 2 N–H and O–H groups in total. The van der Waals surface area contributed by atoms with Gasteiger partial charge in [-0.2, -0.15) is 18.4 Å². The molecule has 2 atom stereocenters. The van der Waals surface area contributed by atoms with Crippen LogP contribution in [0.3, 0.4) is 0 Å². The maximum absolute atomic E-state index is 12.1. The van der Waals surface area contributed by atoms with E-state index in [0.29, 0.717) is 0 Å². The van der Waals surface area contributed by atoms with Crippen LogP contribution < -0.4 is 0 Å². The smallest absolute Gasteiger partial charge is 0.389 e. The molecule has 2 unspecified atom stereocenters. The maximum Gasteiger partial charge on any atom is 0.446 e. The summed E-state index contributed by atoms with van der Waals surface area (Å²) in [4.78, 5) is -0.00628. The zero-order valence-electron chi connectivity index (χ0n) is 9.05. The molecule has 0 spiro atoms. The van der Waals surface area contributed by atoms with Gasteiger partial charge in [0.15, 0.2) is 0 Å². The highest BCUT2D eigenvalue weighted by molar-refractivity contribution is 8.00. The van der Waals surface area contributed by atoms with E-state index in [1.165, 1.54) is 24.3 Å². The van der Waals surface area contributed by atoms with Crippen LogP contribution in [0.5, 0.6) is 0 Å². The first kappa shape index (κ1) is 14.8. The molecule has 0 aliphatic carbocycles. The third kappa shape index (κ3) is 4.56. The third-order valence-electron chi connectivity index (χ3n) is 2.12. The predicted octanol–water partition coefficient (Wildman–Crippen LogP) is 2.61. The van der Waals surface area contributed by atoms with Crippen LogP contribution in [0.4, 0.5) is 13.2 Å². The van der Waals surface area contributed by atoms with E-state index in [4.69, 9.17) is 5.26 Å². The molecule has 18 heavy (non-hydrogen) atoms. The van der Waals surface area contributed by atoms with Crippen molar-refractivity contribution in [3.05, 3.63) is 29.8 Å². The minimum absolute atomic E-state index is 0.00628. The lowest BCUT2D eigenvalue weighted by Crippen LogP contribution is -2.17. The van der Waals surface area contributed by atoms with E-state index in [0.717, 1.165) is 0 Å². The van der Waals surface area contributed by atoms with Crippen molar-refractivity contribution < 1.29 is 23.4 Å². The van der Waals surface area contributed by atoms with Gasteiger partial charge in [0.05, 0.1) is 18.6 Å². The Balaban J connectivity index is 2.74. The number of alkyl halides is 3. The summed E-state index contributed by atoms with van der Waals surface area (Å²) in [7, 11) is 0. The van der Waals surface area contributed by atoms with Gasteiger partial charge in [-0.05, 0) is 29.5 Å². The van der Waals surface area contributed by atoms with Crippen molar-refractivity contribution in [1.82, 2.24) is 0 Å². The second-order valence-electron chi connectivity index (χ2n) is 3.49. The Morgan fingerprint density at radius 2 is 1.78 bits per heavy atom. The van der Waals surface area contributed by atoms with Gasteiger partial charge in [-0.3, -0.25) is 0 Å². The molecule has 7 heteroatoms. The monoisotopic (exact) mass is 277 g/mol. The SMILES string of the molecule is N#CCC(O)C(O)c1ccc(SC(F)(F)F)cc1. The Labute approximate surface area is 106 Å². The molecule has 3 nitrogen and oxygen atoms in total. The average Bonchev–Trinajstić information content (AvgIpc) is 2.27. The van der Waals surface area contributed by atoms with Gasteiger partial charge in [-0.1, -0.05) is 12.1 Å². The van der Waals surface area contributed by atoms with Crippen molar-refractivity contribution in [2.75, 3.05) is 0 Å². The topological polar surface area (TPSA) is 64.2 Å². The minimum atomic E-state index is -4.36. The molecular weight excluding hydrogens is 267 g/mol. The van der Waals surface area contributed by atoms with Crippen molar-refractivity contribution in [3.8, 4) is 6.07 Å². The Kier molecular flexibility index (Phi) is 5.02. The van der Waals surface area contributed by atoms with Crippen molar-refractivity contribution in [2.45, 2.75) is 29.0 Å². The van der Waals surface area contributed by atoms with Gasteiger partial charge in [0.2, 0.25) is 0 Å². The molecule has 0 fully saturated rings. The summed E-state index contributed by atoms with van der Waals surface area (Å²) in [6.45, 7) is 0. The summed E-state index contributed by atoms with van der Waals surface area (Å²) >= 11 is -0.257. The Hall–Kier alpha value is -1.23. The molecule has 0 saturated heterocycles. The number of benzene rings is 1. The summed E-state index contributed by atoms with van der Waals surface area (Å²) in [6, 6.07) is 6.69. The molecular formula is C11H10F3NO2S. The Bertz CT molecular complexity index is 427. The van der Waals surface area contributed by atoms with Crippen LogP contribution >= 0.6 is 11.8 Å². The van der Waals surface area contributed by atoms with Crippen LogP contribution in [0.25, 0.3) is 0 Å². The first-order chi connectivity index (χ1) is 8.33. The third-order valence-corrected chi connectivity index (χ3v) is 2.86. The lowest BCUT2D eigenvalue weighted by molar-refractivity contribution is -0.0328. The summed E-state index contributed by atoms with van der Waals surface area (Å²) < 4.78 is 36.2.